The van der Waals surface area contributed by atoms with E-state index in [1.807, 2.05) is 38.2 Å². The molecule has 0 spiro atoms. The van der Waals surface area contributed by atoms with E-state index in [1.165, 1.54) is 0 Å². The maximum Gasteiger partial charge on any atom is 0.241 e. The van der Waals surface area contributed by atoms with Gasteiger partial charge in [-0.1, -0.05) is 12.1 Å². The first kappa shape index (κ1) is 16.1. The quantitative estimate of drug-likeness (QED) is 0.747. The number of fused-ring (bicyclic) bond motifs is 1. The number of carbonyl (C=O) groups is 1. The van der Waals surface area contributed by atoms with Crippen LogP contribution in [-0.4, -0.2) is 27.2 Å². The van der Waals surface area contributed by atoms with Gasteiger partial charge in [-0.05, 0) is 37.1 Å². The molecule has 0 saturated carbocycles. The van der Waals surface area contributed by atoms with Crippen LogP contribution in [0.5, 0.6) is 0 Å². The zero-order valence-corrected chi connectivity index (χ0v) is 13.9. The molecule has 0 aliphatic rings. The number of carbonyl (C=O) groups excluding carboxylic acids is 1. The number of aryl methyl sites for hydroxylation is 2. The van der Waals surface area contributed by atoms with E-state index in [0.717, 1.165) is 34.1 Å². The van der Waals surface area contributed by atoms with Crippen molar-refractivity contribution in [2.75, 3.05) is 6.54 Å². The summed E-state index contributed by atoms with van der Waals surface area (Å²) in [4.78, 5) is 16.5. The molecule has 0 bridgehead atoms. The Kier molecular flexibility index (Phi) is 4.57. The van der Waals surface area contributed by atoms with Gasteiger partial charge in [0, 0.05) is 36.9 Å². The van der Waals surface area contributed by atoms with Crippen LogP contribution in [0.1, 0.15) is 22.9 Å². The molecule has 0 fully saturated rings. The molecule has 124 valence electrons. The summed E-state index contributed by atoms with van der Waals surface area (Å²) >= 11 is 0. The Morgan fingerprint density at radius 3 is 2.96 bits per heavy atom. The second kappa shape index (κ2) is 6.80. The van der Waals surface area contributed by atoms with Gasteiger partial charge in [0.1, 0.15) is 6.04 Å². The second-order valence-corrected chi connectivity index (χ2v) is 5.89. The van der Waals surface area contributed by atoms with Crippen molar-refractivity contribution in [1.82, 2.24) is 20.1 Å². The van der Waals surface area contributed by atoms with Crippen LogP contribution in [0.15, 0.2) is 42.7 Å². The Balaban J connectivity index is 1.58. The van der Waals surface area contributed by atoms with Crippen LogP contribution >= 0.6 is 0 Å². The van der Waals surface area contributed by atoms with Gasteiger partial charge in [-0.15, -0.1) is 0 Å². The minimum absolute atomic E-state index is 0.187. The largest absolute Gasteiger partial charge is 0.354 e. The number of nitrogens with two attached hydrogens (primary N) is 1. The smallest absolute Gasteiger partial charge is 0.241 e. The highest BCUT2D eigenvalue weighted by atomic mass is 16.2. The van der Waals surface area contributed by atoms with Crippen LogP contribution in [0.25, 0.3) is 10.9 Å². The number of hydrogen-bond acceptors (Lipinski definition) is 4. The van der Waals surface area contributed by atoms with Crippen LogP contribution in [0.2, 0.25) is 0 Å². The first-order chi connectivity index (χ1) is 11.5. The molecule has 0 aliphatic heterocycles. The van der Waals surface area contributed by atoms with E-state index in [4.69, 9.17) is 5.73 Å². The monoisotopic (exact) mass is 323 g/mol. The van der Waals surface area contributed by atoms with E-state index in [2.05, 4.69) is 21.5 Å². The zero-order valence-electron chi connectivity index (χ0n) is 13.9. The number of hydrogen-bond donors (Lipinski definition) is 2. The van der Waals surface area contributed by atoms with E-state index in [1.54, 1.807) is 17.1 Å². The molecule has 3 N–H and O–H groups in total. The molecule has 2 heterocycles. The minimum Gasteiger partial charge on any atom is -0.354 e. The van der Waals surface area contributed by atoms with E-state index in [-0.39, 0.29) is 5.91 Å². The van der Waals surface area contributed by atoms with E-state index >= 15 is 0 Å². The Bertz CT molecular complexity index is 871. The fourth-order valence-corrected chi connectivity index (χ4v) is 2.79. The van der Waals surface area contributed by atoms with Crippen LogP contribution < -0.4 is 11.1 Å². The van der Waals surface area contributed by atoms with E-state index < -0.39 is 6.04 Å². The van der Waals surface area contributed by atoms with E-state index in [9.17, 15) is 4.79 Å². The third-order valence-electron chi connectivity index (χ3n) is 4.05. The number of nitrogens with zero attached hydrogens (tertiary/aromatic N) is 3. The van der Waals surface area contributed by atoms with Crippen LogP contribution in [-0.2, 0) is 18.3 Å². The molecule has 2 aromatic heterocycles. The van der Waals surface area contributed by atoms with Crippen molar-refractivity contribution in [3.05, 3.63) is 59.5 Å². The van der Waals surface area contributed by atoms with Gasteiger partial charge in [0.15, 0.2) is 0 Å². The Morgan fingerprint density at radius 1 is 1.38 bits per heavy atom. The predicted octanol–water partition coefficient (Wildman–Crippen LogP) is 1.64. The standard InChI is InChI=1S/C18H21N5O/c1-12-15(11-23(2)22-12)17(19)18(24)21-9-7-13-5-6-16-14(10-13)4-3-8-20-16/h3-6,8,10-11,17H,7,9,19H2,1-2H3,(H,21,24). The molecule has 1 amide bonds. The summed E-state index contributed by atoms with van der Waals surface area (Å²) in [6.07, 6.45) is 4.31. The normalized spacial score (nSPS) is 12.3. The highest BCUT2D eigenvalue weighted by molar-refractivity contribution is 5.83. The van der Waals surface area contributed by atoms with Gasteiger partial charge in [0.25, 0.3) is 0 Å². The van der Waals surface area contributed by atoms with Crippen molar-refractivity contribution < 1.29 is 4.79 Å². The summed E-state index contributed by atoms with van der Waals surface area (Å²) in [6.45, 7) is 2.39. The van der Waals surface area contributed by atoms with Gasteiger partial charge >= 0.3 is 0 Å². The van der Waals surface area contributed by atoms with Gasteiger partial charge in [-0.25, -0.2) is 0 Å². The fourth-order valence-electron chi connectivity index (χ4n) is 2.79. The zero-order chi connectivity index (χ0) is 17.1. The highest BCUT2D eigenvalue weighted by Crippen LogP contribution is 2.15. The molecule has 6 heteroatoms. The van der Waals surface area contributed by atoms with Crippen LogP contribution in [0, 0.1) is 6.92 Å². The first-order valence-corrected chi connectivity index (χ1v) is 7.91. The minimum atomic E-state index is -0.695. The molecule has 0 saturated heterocycles. The Labute approximate surface area is 140 Å². The van der Waals surface area contributed by atoms with Crippen molar-refractivity contribution >= 4 is 16.8 Å². The number of amides is 1. The third-order valence-corrected chi connectivity index (χ3v) is 4.05. The maximum absolute atomic E-state index is 12.2. The second-order valence-electron chi connectivity index (χ2n) is 5.89. The van der Waals surface area contributed by atoms with Crippen molar-refractivity contribution in [3.63, 3.8) is 0 Å². The number of pyridine rings is 1. The SMILES string of the molecule is Cc1nn(C)cc1C(N)C(=O)NCCc1ccc2ncccc2c1. The number of nitrogens with one attached hydrogen (secondary N) is 1. The highest BCUT2D eigenvalue weighted by Gasteiger charge is 2.19. The summed E-state index contributed by atoms with van der Waals surface area (Å²) < 4.78 is 1.67. The molecule has 1 atom stereocenters. The Morgan fingerprint density at radius 2 is 2.21 bits per heavy atom. The van der Waals surface area contributed by atoms with E-state index in [0.29, 0.717) is 6.54 Å². The topological polar surface area (TPSA) is 85.8 Å². The van der Waals surface area contributed by atoms with Crippen molar-refractivity contribution in [3.8, 4) is 0 Å². The van der Waals surface area contributed by atoms with Crippen LogP contribution in [0.3, 0.4) is 0 Å². The predicted molar refractivity (Wildman–Crippen MR) is 93.3 cm³/mol. The summed E-state index contributed by atoms with van der Waals surface area (Å²) in [5.41, 5.74) is 9.70. The molecule has 3 aromatic rings. The molecule has 1 unspecified atom stereocenters. The number of rotatable bonds is 5. The average molecular weight is 323 g/mol. The summed E-state index contributed by atoms with van der Waals surface area (Å²) in [5, 5.41) is 8.22. The van der Waals surface area contributed by atoms with Gasteiger partial charge < -0.3 is 11.1 Å². The molecule has 24 heavy (non-hydrogen) atoms. The number of benzene rings is 1. The molecule has 6 nitrogen and oxygen atoms in total. The summed E-state index contributed by atoms with van der Waals surface area (Å²) in [5.74, 6) is -0.187. The third kappa shape index (κ3) is 3.44. The lowest BCUT2D eigenvalue weighted by molar-refractivity contribution is -0.122. The van der Waals surface area contributed by atoms with Crippen molar-refractivity contribution in [1.29, 1.82) is 0 Å². The molecular formula is C18H21N5O. The molecule has 1 aromatic carbocycles. The van der Waals surface area contributed by atoms with Crippen molar-refractivity contribution in [2.45, 2.75) is 19.4 Å². The first-order valence-electron chi connectivity index (χ1n) is 7.91. The molecule has 3 rings (SSSR count). The molecule has 0 aliphatic carbocycles. The van der Waals surface area contributed by atoms with Gasteiger partial charge in [-0.3, -0.25) is 14.5 Å². The van der Waals surface area contributed by atoms with Gasteiger partial charge in [0.05, 0.1) is 11.2 Å². The van der Waals surface area contributed by atoms with Crippen LogP contribution in [0.4, 0.5) is 0 Å². The number of aromatic nitrogens is 3. The lowest BCUT2D eigenvalue weighted by atomic mass is 10.1. The van der Waals surface area contributed by atoms with Crippen molar-refractivity contribution in [2.24, 2.45) is 12.8 Å². The van der Waals surface area contributed by atoms with Gasteiger partial charge in [-0.2, -0.15) is 5.10 Å². The van der Waals surface area contributed by atoms with Gasteiger partial charge in [0.2, 0.25) is 5.91 Å². The average Bonchev–Trinajstić information content (AvgIpc) is 2.92. The summed E-state index contributed by atoms with van der Waals surface area (Å²) in [6, 6.07) is 9.39. The maximum atomic E-state index is 12.2. The molecule has 0 radical (unpaired) electrons. The Hall–Kier alpha value is -2.73. The molecular weight excluding hydrogens is 302 g/mol. The lowest BCUT2D eigenvalue weighted by Gasteiger charge is -2.11. The fraction of sp³-hybridized carbons (Fsp3) is 0.278. The summed E-state index contributed by atoms with van der Waals surface area (Å²) in [7, 11) is 1.82. The lowest BCUT2D eigenvalue weighted by Crippen LogP contribution is -2.35.